The average Bonchev–Trinajstić information content (AvgIpc) is 2.65. The van der Waals surface area contributed by atoms with Gasteiger partial charge in [0.1, 0.15) is 5.82 Å². The third-order valence-corrected chi connectivity index (χ3v) is 2.89. The molecule has 0 bridgehead atoms. The lowest BCUT2D eigenvalue weighted by atomic mass is 10.0. The second-order valence-electron chi connectivity index (χ2n) is 4.45. The Bertz CT molecular complexity index is 383. The molecular formula is C12H15FN2O. The number of carbonyl (C=O) groups is 1. The molecule has 0 saturated carbocycles. The Morgan fingerprint density at radius 3 is 2.69 bits per heavy atom. The molecule has 0 spiro atoms. The first-order valence-corrected chi connectivity index (χ1v) is 5.38. The molecule has 86 valence electrons. The van der Waals surface area contributed by atoms with Crippen molar-refractivity contribution in [2.24, 2.45) is 0 Å². The van der Waals surface area contributed by atoms with Crippen molar-refractivity contribution in [3.63, 3.8) is 0 Å². The standard InChI is InChI=1S/C12H15FN2O/c1-12(6-7-14-8-12)15-11(16)9-2-4-10(13)5-3-9/h2-5,14H,6-8H2,1H3,(H,15,16). The van der Waals surface area contributed by atoms with Gasteiger partial charge in [0.25, 0.3) is 5.91 Å². The highest BCUT2D eigenvalue weighted by molar-refractivity contribution is 5.94. The summed E-state index contributed by atoms with van der Waals surface area (Å²) < 4.78 is 12.7. The van der Waals surface area contributed by atoms with Gasteiger partial charge in [0.05, 0.1) is 5.54 Å². The van der Waals surface area contributed by atoms with Crippen LogP contribution >= 0.6 is 0 Å². The largest absolute Gasteiger partial charge is 0.346 e. The number of hydrogen-bond donors (Lipinski definition) is 2. The van der Waals surface area contributed by atoms with E-state index in [1.165, 1.54) is 24.3 Å². The van der Waals surface area contributed by atoms with Crippen molar-refractivity contribution in [2.75, 3.05) is 13.1 Å². The van der Waals surface area contributed by atoms with Crippen LogP contribution in [0.4, 0.5) is 4.39 Å². The van der Waals surface area contributed by atoms with Crippen LogP contribution in [0.3, 0.4) is 0 Å². The smallest absolute Gasteiger partial charge is 0.251 e. The summed E-state index contributed by atoms with van der Waals surface area (Å²) in [5, 5.41) is 6.17. The summed E-state index contributed by atoms with van der Waals surface area (Å²) in [5.74, 6) is -0.475. The molecule has 2 N–H and O–H groups in total. The Labute approximate surface area is 94.0 Å². The molecule has 16 heavy (non-hydrogen) atoms. The van der Waals surface area contributed by atoms with Crippen LogP contribution in [0.15, 0.2) is 24.3 Å². The molecule has 1 atom stereocenters. The van der Waals surface area contributed by atoms with E-state index in [1.54, 1.807) is 0 Å². The number of nitrogens with one attached hydrogen (secondary N) is 2. The summed E-state index contributed by atoms with van der Waals surface area (Å²) in [6.45, 7) is 3.70. The van der Waals surface area contributed by atoms with E-state index in [0.717, 1.165) is 19.5 Å². The zero-order valence-corrected chi connectivity index (χ0v) is 9.22. The number of amides is 1. The average molecular weight is 222 g/mol. The zero-order chi connectivity index (χ0) is 11.6. The van der Waals surface area contributed by atoms with Crippen LogP contribution in [0.1, 0.15) is 23.7 Å². The van der Waals surface area contributed by atoms with E-state index >= 15 is 0 Å². The Kier molecular flexibility index (Phi) is 2.92. The second kappa shape index (κ2) is 4.22. The molecule has 1 aliphatic heterocycles. The number of hydrogen-bond acceptors (Lipinski definition) is 2. The van der Waals surface area contributed by atoms with Crippen LogP contribution in [0.25, 0.3) is 0 Å². The van der Waals surface area contributed by atoms with Gasteiger partial charge in [-0.2, -0.15) is 0 Å². The minimum atomic E-state index is -0.328. The van der Waals surface area contributed by atoms with Crippen molar-refractivity contribution >= 4 is 5.91 Å². The third kappa shape index (κ3) is 2.39. The van der Waals surface area contributed by atoms with E-state index in [4.69, 9.17) is 0 Å². The van der Waals surface area contributed by atoms with Gasteiger partial charge >= 0.3 is 0 Å². The van der Waals surface area contributed by atoms with Gasteiger partial charge in [-0.25, -0.2) is 4.39 Å². The summed E-state index contributed by atoms with van der Waals surface area (Å²) in [4.78, 5) is 11.9. The van der Waals surface area contributed by atoms with Crippen LogP contribution in [0.5, 0.6) is 0 Å². The minimum Gasteiger partial charge on any atom is -0.346 e. The monoisotopic (exact) mass is 222 g/mol. The molecule has 1 saturated heterocycles. The number of benzene rings is 1. The Morgan fingerprint density at radius 1 is 1.44 bits per heavy atom. The second-order valence-corrected chi connectivity index (χ2v) is 4.45. The fourth-order valence-electron chi connectivity index (χ4n) is 1.87. The molecule has 1 amide bonds. The molecule has 1 aliphatic rings. The van der Waals surface area contributed by atoms with Crippen molar-refractivity contribution in [1.29, 1.82) is 0 Å². The number of carbonyl (C=O) groups excluding carboxylic acids is 1. The molecule has 1 aromatic rings. The van der Waals surface area contributed by atoms with Gasteiger partial charge in [0.2, 0.25) is 0 Å². The SMILES string of the molecule is CC1(NC(=O)c2ccc(F)cc2)CCNC1. The first-order valence-electron chi connectivity index (χ1n) is 5.38. The molecule has 0 aromatic heterocycles. The summed E-state index contributed by atoms with van der Waals surface area (Å²) >= 11 is 0. The Balaban J connectivity index is 2.05. The molecule has 0 aliphatic carbocycles. The Morgan fingerprint density at radius 2 is 2.12 bits per heavy atom. The van der Waals surface area contributed by atoms with E-state index in [2.05, 4.69) is 10.6 Å². The third-order valence-electron chi connectivity index (χ3n) is 2.89. The fourth-order valence-corrected chi connectivity index (χ4v) is 1.87. The van der Waals surface area contributed by atoms with Gasteiger partial charge < -0.3 is 10.6 Å². The summed E-state index contributed by atoms with van der Waals surface area (Å²) in [6.07, 6.45) is 0.917. The maximum absolute atomic E-state index is 12.7. The van der Waals surface area contributed by atoms with Crippen LogP contribution in [0, 0.1) is 5.82 Å². The maximum Gasteiger partial charge on any atom is 0.251 e. The lowest BCUT2D eigenvalue weighted by Gasteiger charge is -2.24. The van der Waals surface area contributed by atoms with Gasteiger partial charge in [0, 0.05) is 12.1 Å². The molecule has 1 heterocycles. The van der Waals surface area contributed by atoms with Gasteiger partial charge in [-0.3, -0.25) is 4.79 Å². The first-order chi connectivity index (χ1) is 7.59. The molecule has 3 nitrogen and oxygen atoms in total. The van der Waals surface area contributed by atoms with E-state index in [1.807, 2.05) is 6.92 Å². The molecule has 1 fully saturated rings. The molecule has 1 unspecified atom stereocenters. The van der Waals surface area contributed by atoms with E-state index < -0.39 is 0 Å². The van der Waals surface area contributed by atoms with Gasteiger partial charge in [-0.1, -0.05) is 0 Å². The van der Waals surface area contributed by atoms with Gasteiger partial charge in [0.15, 0.2) is 0 Å². The van der Waals surface area contributed by atoms with E-state index in [9.17, 15) is 9.18 Å². The minimum absolute atomic E-state index is 0.147. The quantitative estimate of drug-likeness (QED) is 0.792. The van der Waals surface area contributed by atoms with Crippen molar-refractivity contribution in [3.05, 3.63) is 35.6 Å². The molecule has 1 aromatic carbocycles. The molecule has 0 radical (unpaired) electrons. The summed E-state index contributed by atoms with van der Waals surface area (Å²) in [5.41, 5.74) is 0.306. The van der Waals surface area contributed by atoms with Crippen LogP contribution < -0.4 is 10.6 Å². The van der Waals surface area contributed by atoms with Crippen LogP contribution in [0.2, 0.25) is 0 Å². The van der Waals surface area contributed by atoms with Gasteiger partial charge in [-0.05, 0) is 44.2 Å². The molecule has 4 heteroatoms. The number of halogens is 1. The van der Waals surface area contributed by atoms with Crippen molar-refractivity contribution in [1.82, 2.24) is 10.6 Å². The predicted octanol–water partition coefficient (Wildman–Crippen LogP) is 1.31. The number of rotatable bonds is 2. The fraction of sp³-hybridized carbons (Fsp3) is 0.417. The highest BCUT2D eigenvalue weighted by Gasteiger charge is 2.30. The van der Waals surface area contributed by atoms with E-state index in [0.29, 0.717) is 5.56 Å². The normalized spacial score (nSPS) is 24.4. The molecule has 2 rings (SSSR count). The Hall–Kier alpha value is -1.42. The first kappa shape index (κ1) is 11.1. The lowest BCUT2D eigenvalue weighted by Crippen LogP contribution is -2.47. The van der Waals surface area contributed by atoms with Crippen molar-refractivity contribution < 1.29 is 9.18 Å². The highest BCUT2D eigenvalue weighted by atomic mass is 19.1. The van der Waals surface area contributed by atoms with Crippen LogP contribution in [-0.4, -0.2) is 24.5 Å². The van der Waals surface area contributed by atoms with Crippen molar-refractivity contribution in [2.45, 2.75) is 18.9 Å². The predicted molar refractivity (Wildman–Crippen MR) is 59.8 cm³/mol. The zero-order valence-electron chi connectivity index (χ0n) is 9.22. The summed E-state index contributed by atoms with van der Waals surface area (Å²) in [7, 11) is 0. The maximum atomic E-state index is 12.7. The topological polar surface area (TPSA) is 41.1 Å². The molecular weight excluding hydrogens is 207 g/mol. The van der Waals surface area contributed by atoms with Crippen LogP contribution in [-0.2, 0) is 0 Å². The van der Waals surface area contributed by atoms with Crippen molar-refractivity contribution in [3.8, 4) is 0 Å². The lowest BCUT2D eigenvalue weighted by molar-refractivity contribution is 0.0913. The van der Waals surface area contributed by atoms with E-state index in [-0.39, 0.29) is 17.3 Å². The van der Waals surface area contributed by atoms with Gasteiger partial charge in [-0.15, -0.1) is 0 Å². The summed E-state index contributed by atoms with van der Waals surface area (Å²) in [6, 6.07) is 5.58. The highest BCUT2D eigenvalue weighted by Crippen LogP contribution is 2.14.